The summed E-state index contributed by atoms with van der Waals surface area (Å²) in [7, 11) is 0. The molecular formula is C12H14Cl2N4O. The Kier molecular flexibility index (Phi) is 4.63. The van der Waals surface area contributed by atoms with Gasteiger partial charge in [0.15, 0.2) is 6.29 Å². The lowest BCUT2D eigenvalue weighted by molar-refractivity contribution is -0.124. The fraction of sp³-hybridized carbons (Fsp3) is 0.333. The number of hydrazone groups is 1. The minimum absolute atomic E-state index is 0.0107. The Morgan fingerprint density at radius 3 is 2.95 bits per heavy atom. The minimum atomic E-state index is -0.376. The van der Waals surface area contributed by atoms with Crippen LogP contribution >= 0.6 is 23.2 Å². The first kappa shape index (κ1) is 14.1. The average molecular weight is 301 g/mol. The number of nitrogens with one attached hydrogen (secondary N) is 3. The molecule has 1 aromatic carbocycles. The highest BCUT2D eigenvalue weighted by atomic mass is 35.5. The summed E-state index contributed by atoms with van der Waals surface area (Å²) in [6, 6.07) is 5.26. The molecule has 0 aromatic heterocycles. The topological polar surface area (TPSA) is 65.5 Å². The van der Waals surface area contributed by atoms with Crippen molar-refractivity contribution in [3.05, 3.63) is 33.8 Å². The van der Waals surface area contributed by atoms with Crippen molar-refractivity contribution in [3.8, 4) is 0 Å². The Hall–Kier alpha value is -1.30. The Morgan fingerprint density at radius 2 is 2.26 bits per heavy atom. The lowest BCUT2D eigenvalue weighted by Crippen LogP contribution is -2.60. The van der Waals surface area contributed by atoms with Crippen LogP contribution in [0.4, 0.5) is 0 Å². The summed E-state index contributed by atoms with van der Waals surface area (Å²) in [5.41, 5.74) is 3.55. The zero-order chi connectivity index (χ0) is 13.8. The van der Waals surface area contributed by atoms with E-state index in [2.05, 4.69) is 21.2 Å². The Labute approximate surface area is 121 Å². The summed E-state index contributed by atoms with van der Waals surface area (Å²) in [6.07, 6.45) is 1.66. The third-order valence-electron chi connectivity index (χ3n) is 2.62. The number of benzene rings is 1. The molecule has 0 spiro atoms. The maximum Gasteiger partial charge on any atom is 0.224 e. The largest absolute Gasteiger partial charge is 0.322 e. The maximum absolute atomic E-state index is 11.3. The minimum Gasteiger partial charge on any atom is -0.322 e. The average Bonchev–Trinajstić information content (AvgIpc) is 2.30. The van der Waals surface area contributed by atoms with Gasteiger partial charge < -0.3 is 5.32 Å². The summed E-state index contributed by atoms with van der Waals surface area (Å²) in [5, 5.41) is 11.0. The van der Waals surface area contributed by atoms with Crippen molar-refractivity contribution in [2.24, 2.45) is 5.10 Å². The molecule has 7 heteroatoms. The molecule has 3 N–H and O–H groups in total. The first-order valence-corrected chi connectivity index (χ1v) is 6.59. The van der Waals surface area contributed by atoms with E-state index in [4.69, 9.17) is 23.2 Å². The Bertz CT molecular complexity index is 507. The van der Waals surface area contributed by atoms with Gasteiger partial charge in [0.1, 0.15) is 0 Å². The van der Waals surface area contributed by atoms with Gasteiger partial charge in [-0.2, -0.15) is 5.10 Å². The van der Waals surface area contributed by atoms with Gasteiger partial charge in [0, 0.05) is 23.0 Å². The van der Waals surface area contributed by atoms with Crippen molar-refractivity contribution < 1.29 is 4.79 Å². The first-order valence-electron chi connectivity index (χ1n) is 5.83. The van der Waals surface area contributed by atoms with Crippen LogP contribution in [0, 0.1) is 0 Å². The molecule has 1 amide bonds. The Balaban J connectivity index is 1.94. The monoisotopic (exact) mass is 300 g/mol. The molecule has 1 fully saturated rings. The van der Waals surface area contributed by atoms with Crippen LogP contribution < -0.4 is 16.1 Å². The van der Waals surface area contributed by atoms with Crippen molar-refractivity contribution in [2.75, 3.05) is 0 Å². The van der Waals surface area contributed by atoms with Crippen molar-refractivity contribution >= 4 is 35.3 Å². The van der Waals surface area contributed by atoms with E-state index in [1.165, 1.54) is 0 Å². The molecule has 0 radical (unpaired) electrons. The number of nitrogens with zero attached hydrogens (tertiary/aromatic N) is 1. The molecular weight excluding hydrogens is 287 g/mol. The standard InChI is InChI=1S/C12H14Cl2N4O/c1-7-4-11(19)17-12(16-7)18-15-6-8-2-3-9(13)5-10(8)14/h2-3,5-7,12,16,18H,4H2,1H3,(H,17,19)/b15-6+. The van der Waals surface area contributed by atoms with E-state index < -0.39 is 0 Å². The van der Waals surface area contributed by atoms with Crippen molar-refractivity contribution in [1.82, 2.24) is 16.1 Å². The van der Waals surface area contributed by atoms with Crippen LogP contribution in [-0.2, 0) is 4.79 Å². The normalized spacial score (nSPS) is 23.4. The van der Waals surface area contributed by atoms with Crippen LogP contribution in [0.25, 0.3) is 0 Å². The predicted octanol–water partition coefficient (Wildman–Crippen LogP) is 1.70. The van der Waals surface area contributed by atoms with Crippen LogP contribution in [0.1, 0.15) is 18.9 Å². The van der Waals surface area contributed by atoms with Crippen LogP contribution in [0.5, 0.6) is 0 Å². The van der Waals surface area contributed by atoms with E-state index in [1.54, 1.807) is 24.4 Å². The summed E-state index contributed by atoms with van der Waals surface area (Å²) in [5.74, 6) is -0.0107. The molecule has 0 bridgehead atoms. The number of hydrogen-bond donors (Lipinski definition) is 3. The van der Waals surface area contributed by atoms with Gasteiger partial charge in [-0.05, 0) is 19.1 Å². The molecule has 0 aliphatic carbocycles. The van der Waals surface area contributed by atoms with E-state index in [0.29, 0.717) is 16.5 Å². The molecule has 2 rings (SSSR count). The molecule has 5 nitrogen and oxygen atoms in total. The van der Waals surface area contributed by atoms with Crippen LogP contribution in [0.2, 0.25) is 10.0 Å². The number of rotatable bonds is 3. The van der Waals surface area contributed by atoms with E-state index in [-0.39, 0.29) is 18.2 Å². The van der Waals surface area contributed by atoms with Gasteiger partial charge in [0.25, 0.3) is 0 Å². The zero-order valence-corrected chi connectivity index (χ0v) is 11.8. The van der Waals surface area contributed by atoms with E-state index in [1.807, 2.05) is 6.92 Å². The fourth-order valence-electron chi connectivity index (χ4n) is 1.74. The van der Waals surface area contributed by atoms with E-state index in [0.717, 1.165) is 5.56 Å². The van der Waals surface area contributed by atoms with Gasteiger partial charge in [-0.3, -0.25) is 15.5 Å². The number of hydrogen-bond acceptors (Lipinski definition) is 4. The van der Waals surface area contributed by atoms with Crippen LogP contribution in [-0.4, -0.2) is 24.5 Å². The molecule has 19 heavy (non-hydrogen) atoms. The van der Waals surface area contributed by atoms with E-state index in [9.17, 15) is 4.79 Å². The number of halogens is 2. The fourth-order valence-corrected chi connectivity index (χ4v) is 2.20. The number of carbonyl (C=O) groups excluding carboxylic acids is 1. The van der Waals surface area contributed by atoms with Gasteiger partial charge in [-0.1, -0.05) is 29.3 Å². The highest BCUT2D eigenvalue weighted by molar-refractivity contribution is 6.36. The maximum atomic E-state index is 11.3. The summed E-state index contributed by atoms with van der Waals surface area (Å²) >= 11 is 11.8. The highest BCUT2D eigenvalue weighted by Gasteiger charge is 2.21. The Morgan fingerprint density at radius 1 is 1.47 bits per heavy atom. The summed E-state index contributed by atoms with van der Waals surface area (Å²) < 4.78 is 0. The second kappa shape index (κ2) is 6.23. The summed E-state index contributed by atoms with van der Waals surface area (Å²) in [6.45, 7) is 1.94. The molecule has 1 aliphatic heterocycles. The van der Waals surface area contributed by atoms with E-state index >= 15 is 0 Å². The molecule has 102 valence electrons. The molecule has 1 saturated heterocycles. The third kappa shape index (κ3) is 4.09. The highest BCUT2D eigenvalue weighted by Crippen LogP contribution is 2.19. The molecule has 1 heterocycles. The molecule has 2 atom stereocenters. The lowest BCUT2D eigenvalue weighted by atomic mass is 10.2. The second-order valence-corrected chi connectivity index (χ2v) is 5.17. The smallest absolute Gasteiger partial charge is 0.224 e. The molecule has 1 aromatic rings. The number of carbonyl (C=O) groups is 1. The van der Waals surface area contributed by atoms with Gasteiger partial charge in [-0.15, -0.1) is 0 Å². The third-order valence-corrected chi connectivity index (χ3v) is 3.18. The molecule has 2 unspecified atom stereocenters. The second-order valence-electron chi connectivity index (χ2n) is 4.33. The van der Waals surface area contributed by atoms with Gasteiger partial charge in [-0.25, -0.2) is 0 Å². The molecule has 0 saturated carbocycles. The van der Waals surface area contributed by atoms with Crippen LogP contribution in [0.3, 0.4) is 0 Å². The zero-order valence-electron chi connectivity index (χ0n) is 10.3. The van der Waals surface area contributed by atoms with Crippen LogP contribution in [0.15, 0.2) is 23.3 Å². The van der Waals surface area contributed by atoms with Crippen molar-refractivity contribution in [1.29, 1.82) is 0 Å². The number of amides is 1. The predicted molar refractivity (Wildman–Crippen MR) is 76.3 cm³/mol. The quantitative estimate of drug-likeness (QED) is 0.588. The van der Waals surface area contributed by atoms with Gasteiger partial charge in [0.05, 0.1) is 11.2 Å². The van der Waals surface area contributed by atoms with Crippen molar-refractivity contribution in [3.63, 3.8) is 0 Å². The summed E-state index contributed by atoms with van der Waals surface area (Å²) in [4.78, 5) is 11.3. The first-order chi connectivity index (χ1) is 9.04. The molecule has 1 aliphatic rings. The van der Waals surface area contributed by atoms with Crippen molar-refractivity contribution in [2.45, 2.75) is 25.7 Å². The van der Waals surface area contributed by atoms with Gasteiger partial charge in [0.2, 0.25) is 5.91 Å². The van der Waals surface area contributed by atoms with Gasteiger partial charge >= 0.3 is 0 Å². The lowest BCUT2D eigenvalue weighted by Gasteiger charge is -2.28. The SMILES string of the molecule is CC1CC(=O)NC(N/N=C/c2ccc(Cl)cc2Cl)N1.